The summed E-state index contributed by atoms with van der Waals surface area (Å²) >= 11 is 0. The van der Waals surface area contributed by atoms with Crippen LogP contribution in [-0.2, 0) is 4.79 Å². The topological polar surface area (TPSA) is 49.3 Å². The maximum Gasteiger partial charge on any atom is 0.320 e. The molecule has 2 N–H and O–H groups in total. The Bertz CT molecular complexity index is 182. The van der Waals surface area contributed by atoms with Crippen LogP contribution in [0.5, 0.6) is 0 Å². The van der Waals surface area contributed by atoms with Crippen LogP contribution in [0, 0.1) is 5.92 Å². The minimum absolute atomic E-state index is 0.297. The maximum absolute atomic E-state index is 10.6. The summed E-state index contributed by atoms with van der Waals surface area (Å²) in [4.78, 5) is 10.6. The molecule has 1 heterocycles. The quantitative estimate of drug-likeness (QED) is 0.700. The molecule has 3 heteroatoms. The van der Waals surface area contributed by atoms with Gasteiger partial charge in [0.2, 0.25) is 0 Å². The van der Waals surface area contributed by atoms with Gasteiger partial charge in [-0.2, -0.15) is 0 Å². The molecule has 1 aliphatic rings. The van der Waals surface area contributed by atoms with Crippen LogP contribution in [0.4, 0.5) is 0 Å². The Labute approximate surface area is 79.5 Å². The molecule has 0 aliphatic carbocycles. The standard InChI is InChI=1S/C10H19NO2/c1-3-7(2)6-8-4-5-9(11-8)10(12)13/h7-9,11H,3-6H2,1-2H3,(H,12,13). The van der Waals surface area contributed by atoms with Crippen LogP contribution in [0.3, 0.4) is 0 Å². The van der Waals surface area contributed by atoms with E-state index in [2.05, 4.69) is 19.2 Å². The Kier molecular flexibility index (Phi) is 3.72. The van der Waals surface area contributed by atoms with Crippen LogP contribution in [0.25, 0.3) is 0 Å². The molecular formula is C10H19NO2. The lowest BCUT2D eigenvalue weighted by molar-refractivity contribution is -0.139. The van der Waals surface area contributed by atoms with Crippen molar-refractivity contribution in [2.75, 3.05) is 0 Å². The van der Waals surface area contributed by atoms with Crippen molar-refractivity contribution in [1.29, 1.82) is 0 Å². The van der Waals surface area contributed by atoms with Crippen LogP contribution in [-0.4, -0.2) is 23.2 Å². The van der Waals surface area contributed by atoms with Gasteiger partial charge < -0.3 is 10.4 Å². The summed E-state index contributed by atoms with van der Waals surface area (Å²) < 4.78 is 0. The third-order valence-corrected chi connectivity index (χ3v) is 2.92. The van der Waals surface area contributed by atoms with Gasteiger partial charge in [0.25, 0.3) is 0 Å². The van der Waals surface area contributed by atoms with E-state index >= 15 is 0 Å². The highest BCUT2D eigenvalue weighted by Crippen LogP contribution is 2.20. The summed E-state index contributed by atoms with van der Waals surface area (Å²) in [5, 5.41) is 11.9. The first-order valence-corrected chi connectivity index (χ1v) is 5.12. The first-order valence-electron chi connectivity index (χ1n) is 5.12. The van der Waals surface area contributed by atoms with Gasteiger partial charge in [0.05, 0.1) is 0 Å². The monoisotopic (exact) mass is 185 g/mol. The van der Waals surface area contributed by atoms with Gasteiger partial charge in [-0.1, -0.05) is 20.3 Å². The molecule has 1 rings (SSSR count). The third-order valence-electron chi connectivity index (χ3n) is 2.92. The molecule has 0 aromatic carbocycles. The molecule has 0 spiro atoms. The van der Waals surface area contributed by atoms with E-state index in [1.165, 1.54) is 6.42 Å². The Hall–Kier alpha value is -0.570. The van der Waals surface area contributed by atoms with Gasteiger partial charge in [0.15, 0.2) is 0 Å². The van der Waals surface area contributed by atoms with E-state index in [0.717, 1.165) is 19.3 Å². The molecule has 0 aromatic heterocycles. The number of carbonyl (C=O) groups is 1. The smallest absolute Gasteiger partial charge is 0.320 e. The van der Waals surface area contributed by atoms with E-state index in [1.54, 1.807) is 0 Å². The van der Waals surface area contributed by atoms with E-state index in [-0.39, 0.29) is 6.04 Å². The van der Waals surface area contributed by atoms with Crippen molar-refractivity contribution in [1.82, 2.24) is 5.32 Å². The van der Waals surface area contributed by atoms with Gasteiger partial charge in [-0.15, -0.1) is 0 Å². The van der Waals surface area contributed by atoms with Crippen LogP contribution >= 0.6 is 0 Å². The molecule has 1 aliphatic heterocycles. The van der Waals surface area contributed by atoms with Crippen LogP contribution < -0.4 is 5.32 Å². The zero-order chi connectivity index (χ0) is 9.84. The molecule has 3 unspecified atom stereocenters. The molecule has 1 saturated heterocycles. The number of carboxylic acid groups (broad SMARTS) is 1. The van der Waals surface area contributed by atoms with E-state index < -0.39 is 5.97 Å². The summed E-state index contributed by atoms with van der Waals surface area (Å²) in [5.41, 5.74) is 0. The van der Waals surface area contributed by atoms with Crippen molar-refractivity contribution in [3.8, 4) is 0 Å². The fraction of sp³-hybridized carbons (Fsp3) is 0.900. The summed E-state index contributed by atoms with van der Waals surface area (Å²) in [6, 6.07) is 0.130. The van der Waals surface area contributed by atoms with E-state index in [0.29, 0.717) is 12.0 Å². The highest BCUT2D eigenvalue weighted by atomic mass is 16.4. The fourth-order valence-electron chi connectivity index (χ4n) is 1.85. The highest BCUT2D eigenvalue weighted by Gasteiger charge is 2.28. The lowest BCUT2D eigenvalue weighted by Crippen LogP contribution is -2.35. The summed E-state index contributed by atoms with van der Waals surface area (Å²) in [5.74, 6) is -0.00306. The van der Waals surface area contributed by atoms with E-state index in [1.807, 2.05) is 0 Å². The molecule has 0 amide bonds. The minimum Gasteiger partial charge on any atom is -0.480 e. The van der Waals surface area contributed by atoms with Crippen LogP contribution in [0.2, 0.25) is 0 Å². The third kappa shape index (κ3) is 2.99. The minimum atomic E-state index is -0.702. The summed E-state index contributed by atoms with van der Waals surface area (Å²) in [6.07, 6.45) is 4.09. The molecule has 3 atom stereocenters. The first-order chi connectivity index (χ1) is 6.13. The van der Waals surface area contributed by atoms with E-state index in [9.17, 15) is 4.79 Å². The molecule has 0 bridgehead atoms. The number of carboxylic acids is 1. The lowest BCUT2D eigenvalue weighted by atomic mass is 9.98. The van der Waals surface area contributed by atoms with Gasteiger partial charge in [0, 0.05) is 6.04 Å². The van der Waals surface area contributed by atoms with Crippen molar-refractivity contribution < 1.29 is 9.90 Å². The second-order valence-corrected chi connectivity index (χ2v) is 4.08. The molecule has 1 fully saturated rings. The molecular weight excluding hydrogens is 166 g/mol. The van der Waals surface area contributed by atoms with Gasteiger partial charge >= 0.3 is 5.97 Å². The number of rotatable bonds is 4. The molecule has 0 aromatic rings. The zero-order valence-electron chi connectivity index (χ0n) is 8.42. The van der Waals surface area contributed by atoms with Crippen molar-refractivity contribution in [3.05, 3.63) is 0 Å². The Morgan fingerprint density at radius 2 is 2.31 bits per heavy atom. The number of nitrogens with one attached hydrogen (secondary N) is 1. The predicted molar refractivity (Wildman–Crippen MR) is 51.7 cm³/mol. The van der Waals surface area contributed by atoms with Crippen LogP contribution in [0.1, 0.15) is 39.5 Å². The number of hydrogen-bond donors (Lipinski definition) is 2. The molecule has 0 radical (unpaired) electrons. The van der Waals surface area contributed by atoms with Crippen molar-refractivity contribution >= 4 is 5.97 Å². The number of hydrogen-bond acceptors (Lipinski definition) is 2. The SMILES string of the molecule is CCC(C)CC1CCC(C(=O)O)N1. The molecule has 13 heavy (non-hydrogen) atoms. The Morgan fingerprint density at radius 1 is 1.62 bits per heavy atom. The average molecular weight is 185 g/mol. The molecule has 76 valence electrons. The Morgan fingerprint density at radius 3 is 2.77 bits per heavy atom. The second-order valence-electron chi connectivity index (χ2n) is 4.08. The fourth-order valence-corrected chi connectivity index (χ4v) is 1.85. The van der Waals surface area contributed by atoms with Crippen molar-refractivity contribution in [2.24, 2.45) is 5.92 Å². The normalized spacial score (nSPS) is 30.3. The van der Waals surface area contributed by atoms with E-state index in [4.69, 9.17) is 5.11 Å². The van der Waals surface area contributed by atoms with Gasteiger partial charge in [-0.05, 0) is 25.2 Å². The first kappa shape index (κ1) is 10.5. The number of aliphatic carboxylic acids is 1. The largest absolute Gasteiger partial charge is 0.480 e. The highest BCUT2D eigenvalue weighted by molar-refractivity contribution is 5.73. The van der Waals surface area contributed by atoms with Crippen molar-refractivity contribution in [2.45, 2.75) is 51.6 Å². The zero-order valence-corrected chi connectivity index (χ0v) is 8.42. The lowest BCUT2D eigenvalue weighted by Gasteiger charge is -2.15. The average Bonchev–Trinajstić information content (AvgIpc) is 2.52. The molecule has 3 nitrogen and oxygen atoms in total. The van der Waals surface area contributed by atoms with Gasteiger partial charge in [0.1, 0.15) is 6.04 Å². The van der Waals surface area contributed by atoms with Gasteiger partial charge in [-0.25, -0.2) is 0 Å². The maximum atomic E-state index is 10.6. The molecule has 0 saturated carbocycles. The van der Waals surface area contributed by atoms with Crippen LogP contribution in [0.15, 0.2) is 0 Å². The van der Waals surface area contributed by atoms with Crippen molar-refractivity contribution in [3.63, 3.8) is 0 Å². The van der Waals surface area contributed by atoms with Gasteiger partial charge in [-0.3, -0.25) is 4.79 Å². The predicted octanol–water partition coefficient (Wildman–Crippen LogP) is 1.63. The summed E-state index contributed by atoms with van der Waals surface area (Å²) in [7, 11) is 0. The second kappa shape index (κ2) is 4.61. The Balaban J connectivity index is 2.29. The summed E-state index contributed by atoms with van der Waals surface area (Å²) in [6.45, 7) is 4.39.